The molecule has 1 saturated heterocycles. The first-order valence-electron chi connectivity index (χ1n) is 7.67. The average molecular weight is 276 g/mol. The monoisotopic (exact) mass is 276 g/mol. The summed E-state index contributed by atoms with van der Waals surface area (Å²) in [5.41, 5.74) is 2.52. The van der Waals surface area contributed by atoms with E-state index in [1.807, 2.05) is 0 Å². The first-order chi connectivity index (χ1) is 9.86. The van der Waals surface area contributed by atoms with Gasteiger partial charge in [-0.05, 0) is 44.0 Å². The van der Waals surface area contributed by atoms with E-state index in [1.54, 1.807) is 7.11 Å². The molecule has 1 N–H and O–H groups in total. The minimum atomic E-state index is 0.731. The van der Waals surface area contributed by atoms with Crippen LogP contribution in [0.25, 0.3) is 0 Å². The summed E-state index contributed by atoms with van der Waals surface area (Å²) in [5, 5.41) is 3.39. The summed E-state index contributed by atoms with van der Waals surface area (Å²) in [6.45, 7) is 5.18. The Bertz CT molecular complexity index is 456. The number of ether oxygens (including phenoxy) is 2. The molecule has 0 aromatic heterocycles. The van der Waals surface area contributed by atoms with Crippen LogP contribution in [0.3, 0.4) is 0 Å². The van der Waals surface area contributed by atoms with Gasteiger partial charge in [0.2, 0.25) is 0 Å². The van der Waals surface area contributed by atoms with Crippen LogP contribution in [0.5, 0.6) is 11.5 Å². The number of rotatable bonds is 5. The Morgan fingerprint density at radius 2 is 2.00 bits per heavy atom. The molecule has 1 fully saturated rings. The van der Waals surface area contributed by atoms with Crippen LogP contribution in [0, 0.1) is 0 Å². The zero-order valence-electron chi connectivity index (χ0n) is 12.3. The number of hydrogen-bond donors (Lipinski definition) is 1. The molecule has 110 valence electrons. The molecule has 0 saturated carbocycles. The number of nitrogens with one attached hydrogen (secondary N) is 1. The molecule has 2 heterocycles. The predicted octanol–water partition coefficient (Wildman–Crippen LogP) is 2.53. The predicted molar refractivity (Wildman–Crippen MR) is 81.0 cm³/mol. The van der Waals surface area contributed by atoms with Gasteiger partial charge in [0, 0.05) is 24.8 Å². The highest BCUT2D eigenvalue weighted by Gasteiger charge is 2.16. The van der Waals surface area contributed by atoms with Crippen LogP contribution in [0.2, 0.25) is 0 Å². The van der Waals surface area contributed by atoms with Crippen LogP contribution >= 0.6 is 0 Å². The van der Waals surface area contributed by atoms with Crippen molar-refractivity contribution in [2.45, 2.75) is 25.7 Å². The lowest BCUT2D eigenvalue weighted by atomic mass is 10.1. The summed E-state index contributed by atoms with van der Waals surface area (Å²) in [4.78, 5) is 2.49. The van der Waals surface area contributed by atoms with Crippen molar-refractivity contribution in [1.29, 1.82) is 0 Å². The van der Waals surface area contributed by atoms with Crippen molar-refractivity contribution in [3.63, 3.8) is 0 Å². The summed E-state index contributed by atoms with van der Waals surface area (Å²) in [6.07, 6.45) is 5.10. The van der Waals surface area contributed by atoms with Gasteiger partial charge in [-0.15, -0.1) is 0 Å². The van der Waals surface area contributed by atoms with Crippen molar-refractivity contribution >= 4 is 5.69 Å². The van der Waals surface area contributed by atoms with Crippen molar-refractivity contribution in [3.8, 4) is 11.5 Å². The normalized spacial score (nSPS) is 18.4. The maximum absolute atomic E-state index is 5.95. The van der Waals surface area contributed by atoms with Gasteiger partial charge in [0.1, 0.15) is 6.61 Å². The first-order valence-corrected chi connectivity index (χ1v) is 7.67. The number of hydrogen-bond acceptors (Lipinski definition) is 4. The van der Waals surface area contributed by atoms with Gasteiger partial charge in [0.05, 0.1) is 7.11 Å². The number of likely N-dealkylation sites (tertiary alicyclic amines) is 1. The van der Waals surface area contributed by atoms with Gasteiger partial charge in [-0.25, -0.2) is 0 Å². The molecule has 0 atom stereocenters. The average Bonchev–Trinajstić information content (AvgIpc) is 2.94. The molecular weight excluding hydrogens is 252 g/mol. The number of fused-ring (bicyclic) bond motifs is 1. The molecule has 4 nitrogen and oxygen atoms in total. The molecule has 1 aromatic rings. The highest BCUT2D eigenvalue weighted by molar-refractivity contribution is 5.63. The number of nitrogens with zero attached hydrogens (tertiary/aromatic N) is 1. The van der Waals surface area contributed by atoms with Crippen molar-refractivity contribution in [3.05, 3.63) is 17.7 Å². The quantitative estimate of drug-likeness (QED) is 0.896. The highest BCUT2D eigenvalue weighted by Crippen LogP contribution is 2.35. The van der Waals surface area contributed by atoms with E-state index in [-0.39, 0.29) is 0 Å². The maximum atomic E-state index is 5.95. The third-order valence-corrected chi connectivity index (χ3v) is 4.21. The largest absolute Gasteiger partial charge is 0.493 e. The van der Waals surface area contributed by atoms with Gasteiger partial charge in [0.25, 0.3) is 0 Å². The van der Waals surface area contributed by atoms with E-state index in [2.05, 4.69) is 22.3 Å². The minimum Gasteiger partial charge on any atom is -0.493 e. The molecule has 3 rings (SSSR count). The third kappa shape index (κ3) is 3.01. The Kier molecular flexibility index (Phi) is 4.31. The molecule has 2 aliphatic rings. The fourth-order valence-corrected chi connectivity index (χ4v) is 3.05. The zero-order chi connectivity index (χ0) is 13.8. The van der Waals surface area contributed by atoms with Crippen molar-refractivity contribution in [1.82, 2.24) is 4.90 Å². The minimum absolute atomic E-state index is 0.731. The Morgan fingerprint density at radius 3 is 2.80 bits per heavy atom. The van der Waals surface area contributed by atoms with Crippen LogP contribution in [-0.2, 0) is 6.42 Å². The molecule has 0 bridgehead atoms. The first kappa shape index (κ1) is 13.6. The molecule has 0 spiro atoms. The Balaban J connectivity index is 1.58. The molecule has 0 amide bonds. The second kappa shape index (κ2) is 6.35. The van der Waals surface area contributed by atoms with Crippen LogP contribution in [-0.4, -0.2) is 44.8 Å². The van der Waals surface area contributed by atoms with Gasteiger partial charge in [-0.1, -0.05) is 6.42 Å². The number of piperidine rings is 1. The van der Waals surface area contributed by atoms with E-state index in [1.165, 1.54) is 43.6 Å². The van der Waals surface area contributed by atoms with Crippen LogP contribution < -0.4 is 14.8 Å². The highest BCUT2D eigenvalue weighted by atomic mass is 16.5. The van der Waals surface area contributed by atoms with Gasteiger partial charge in [-0.2, -0.15) is 0 Å². The van der Waals surface area contributed by atoms with Crippen LogP contribution in [0.4, 0.5) is 5.69 Å². The molecule has 20 heavy (non-hydrogen) atoms. The fraction of sp³-hybridized carbons (Fsp3) is 0.625. The molecule has 0 unspecified atom stereocenters. The van der Waals surface area contributed by atoms with Crippen molar-refractivity contribution in [2.24, 2.45) is 0 Å². The van der Waals surface area contributed by atoms with E-state index in [0.29, 0.717) is 0 Å². The summed E-state index contributed by atoms with van der Waals surface area (Å²) in [5.74, 6) is 1.71. The van der Waals surface area contributed by atoms with E-state index in [4.69, 9.17) is 9.47 Å². The van der Waals surface area contributed by atoms with Gasteiger partial charge < -0.3 is 14.8 Å². The maximum Gasteiger partial charge on any atom is 0.163 e. The summed E-state index contributed by atoms with van der Waals surface area (Å²) < 4.78 is 11.4. The van der Waals surface area contributed by atoms with E-state index >= 15 is 0 Å². The van der Waals surface area contributed by atoms with Gasteiger partial charge in [0.15, 0.2) is 11.5 Å². The molecule has 2 aliphatic heterocycles. The molecule has 4 heteroatoms. The van der Waals surface area contributed by atoms with Gasteiger partial charge >= 0.3 is 0 Å². The van der Waals surface area contributed by atoms with E-state index < -0.39 is 0 Å². The molecule has 0 radical (unpaired) electrons. The second-order valence-electron chi connectivity index (χ2n) is 5.59. The zero-order valence-corrected chi connectivity index (χ0v) is 12.3. The Labute approximate surface area is 121 Å². The lowest BCUT2D eigenvalue weighted by Gasteiger charge is -2.26. The number of methoxy groups -OCH3 is 1. The number of benzene rings is 1. The SMILES string of the molecule is COc1cc2c(cc1OCCN1CCCCC1)NCC2. The van der Waals surface area contributed by atoms with E-state index in [0.717, 1.165) is 37.6 Å². The van der Waals surface area contributed by atoms with E-state index in [9.17, 15) is 0 Å². The number of anilines is 1. The summed E-state index contributed by atoms with van der Waals surface area (Å²) >= 11 is 0. The molecular formula is C16H24N2O2. The standard InChI is InChI=1S/C16H24N2O2/c1-19-15-11-13-5-6-17-14(13)12-16(15)20-10-9-18-7-3-2-4-8-18/h11-12,17H,2-10H2,1H3. The molecule has 0 aliphatic carbocycles. The van der Waals surface area contributed by atoms with Crippen LogP contribution in [0.1, 0.15) is 24.8 Å². The molecule has 1 aromatic carbocycles. The topological polar surface area (TPSA) is 33.7 Å². The second-order valence-corrected chi connectivity index (χ2v) is 5.59. The smallest absolute Gasteiger partial charge is 0.163 e. The lowest BCUT2D eigenvalue weighted by Crippen LogP contribution is -2.33. The summed E-state index contributed by atoms with van der Waals surface area (Å²) in [7, 11) is 1.71. The van der Waals surface area contributed by atoms with Gasteiger partial charge in [-0.3, -0.25) is 4.90 Å². The van der Waals surface area contributed by atoms with Crippen molar-refractivity contribution < 1.29 is 9.47 Å². The Hall–Kier alpha value is -1.42. The third-order valence-electron chi connectivity index (χ3n) is 4.21. The fourth-order valence-electron chi connectivity index (χ4n) is 3.05. The summed E-state index contributed by atoms with van der Waals surface area (Å²) in [6, 6.07) is 4.18. The van der Waals surface area contributed by atoms with Crippen LogP contribution in [0.15, 0.2) is 12.1 Å². The van der Waals surface area contributed by atoms with Crippen molar-refractivity contribution in [2.75, 3.05) is 45.2 Å². The Morgan fingerprint density at radius 1 is 1.15 bits per heavy atom. The lowest BCUT2D eigenvalue weighted by molar-refractivity contribution is 0.180.